The summed E-state index contributed by atoms with van der Waals surface area (Å²) in [5.74, 6) is 0.0115. The molecule has 3 N–H and O–H groups in total. The van der Waals surface area contributed by atoms with Crippen LogP contribution in [0.1, 0.15) is 55.4 Å². The van der Waals surface area contributed by atoms with E-state index in [4.69, 9.17) is 10.5 Å². The van der Waals surface area contributed by atoms with Gasteiger partial charge in [0, 0.05) is 17.6 Å². The van der Waals surface area contributed by atoms with Gasteiger partial charge in [-0.2, -0.15) is 0 Å². The molecule has 4 rings (SSSR count). The molecular formula is C23H28N2O3. The van der Waals surface area contributed by atoms with Crippen LogP contribution < -0.4 is 5.73 Å². The van der Waals surface area contributed by atoms with Gasteiger partial charge in [-0.15, -0.1) is 0 Å². The van der Waals surface area contributed by atoms with E-state index in [9.17, 15) is 9.90 Å². The van der Waals surface area contributed by atoms with Crippen molar-refractivity contribution < 1.29 is 14.6 Å². The maximum atomic E-state index is 12.9. The van der Waals surface area contributed by atoms with E-state index in [2.05, 4.69) is 6.07 Å². The molecular weight excluding hydrogens is 352 g/mol. The zero-order valence-corrected chi connectivity index (χ0v) is 16.6. The first-order chi connectivity index (χ1) is 13.3. The van der Waals surface area contributed by atoms with Crippen LogP contribution in [0.5, 0.6) is 0 Å². The van der Waals surface area contributed by atoms with Crippen molar-refractivity contribution in [1.29, 1.82) is 0 Å². The number of anilines is 1. The Morgan fingerprint density at radius 2 is 1.89 bits per heavy atom. The van der Waals surface area contributed by atoms with Gasteiger partial charge in [-0.1, -0.05) is 42.5 Å². The number of aryl methyl sites for hydroxylation is 1. The molecule has 2 fully saturated rings. The molecule has 0 radical (unpaired) electrons. The second-order valence-electron chi connectivity index (χ2n) is 8.54. The first-order valence-electron chi connectivity index (χ1n) is 9.90. The van der Waals surface area contributed by atoms with Gasteiger partial charge in [0.1, 0.15) is 5.60 Å². The number of aliphatic hydroxyl groups excluding tert-OH is 1. The van der Waals surface area contributed by atoms with Gasteiger partial charge >= 0.3 is 6.09 Å². The minimum atomic E-state index is -0.728. The summed E-state index contributed by atoms with van der Waals surface area (Å²) in [6, 6.07) is 15.3. The van der Waals surface area contributed by atoms with Crippen LogP contribution in [-0.2, 0) is 4.74 Å². The largest absolute Gasteiger partial charge is 0.443 e. The standard InChI is InChI=1S/C23H28N2O3/c1-14-13-16(9-10-17(14)24)20-18-11-12-19(21(26)15-7-5-4-6-8-15)25(18)22(27)28-23(20,2)3/h4-10,13,18-21,26H,11-12,24H2,1-3H3/t18-,19+,20?,21+/m0/s1. The number of hydrogen-bond acceptors (Lipinski definition) is 4. The van der Waals surface area contributed by atoms with E-state index in [1.54, 1.807) is 4.90 Å². The number of fused-ring (bicyclic) bond motifs is 1. The first kappa shape index (κ1) is 18.8. The molecule has 2 aromatic carbocycles. The summed E-state index contributed by atoms with van der Waals surface area (Å²) in [6.45, 7) is 5.94. The molecule has 1 amide bonds. The zero-order chi connectivity index (χ0) is 20.1. The second-order valence-corrected chi connectivity index (χ2v) is 8.54. The van der Waals surface area contributed by atoms with Gasteiger partial charge in [-0.25, -0.2) is 4.79 Å². The minimum absolute atomic E-state index is 0.0114. The monoisotopic (exact) mass is 380 g/mol. The van der Waals surface area contributed by atoms with E-state index in [1.165, 1.54) is 0 Å². The molecule has 0 aliphatic carbocycles. The molecule has 1 unspecified atom stereocenters. The van der Waals surface area contributed by atoms with Gasteiger partial charge < -0.3 is 15.6 Å². The third kappa shape index (κ3) is 3.04. The maximum Gasteiger partial charge on any atom is 0.410 e. The van der Waals surface area contributed by atoms with Crippen molar-refractivity contribution in [3.63, 3.8) is 0 Å². The Balaban J connectivity index is 1.70. The highest BCUT2D eigenvalue weighted by Gasteiger charge is 2.55. The van der Waals surface area contributed by atoms with E-state index in [0.717, 1.165) is 35.2 Å². The van der Waals surface area contributed by atoms with Crippen molar-refractivity contribution in [2.75, 3.05) is 5.73 Å². The van der Waals surface area contributed by atoms with Crippen LogP contribution in [0.3, 0.4) is 0 Å². The molecule has 0 bridgehead atoms. The Morgan fingerprint density at radius 1 is 1.18 bits per heavy atom. The molecule has 5 nitrogen and oxygen atoms in total. The molecule has 0 aromatic heterocycles. The topological polar surface area (TPSA) is 75.8 Å². The highest BCUT2D eigenvalue weighted by atomic mass is 16.6. The van der Waals surface area contributed by atoms with Gasteiger partial charge in [0.25, 0.3) is 0 Å². The van der Waals surface area contributed by atoms with Crippen molar-refractivity contribution in [3.05, 3.63) is 65.2 Å². The van der Waals surface area contributed by atoms with Crippen molar-refractivity contribution in [2.45, 2.75) is 63.3 Å². The van der Waals surface area contributed by atoms with Crippen molar-refractivity contribution in [1.82, 2.24) is 4.90 Å². The summed E-state index contributed by atoms with van der Waals surface area (Å²) < 4.78 is 5.89. The molecule has 5 heteroatoms. The molecule has 2 heterocycles. The van der Waals surface area contributed by atoms with Crippen molar-refractivity contribution in [2.24, 2.45) is 0 Å². The van der Waals surface area contributed by atoms with E-state index < -0.39 is 11.7 Å². The summed E-state index contributed by atoms with van der Waals surface area (Å²) in [5, 5.41) is 11.0. The Labute approximate surface area is 166 Å². The molecule has 148 valence electrons. The summed E-state index contributed by atoms with van der Waals surface area (Å²) in [5.41, 5.74) is 9.11. The van der Waals surface area contributed by atoms with Gasteiger partial charge in [0.15, 0.2) is 0 Å². The predicted molar refractivity (Wildman–Crippen MR) is 109 cm³/mol. The third-order valence-electron chi connectivity index (χ3n) is 6.33. The zero-order valence-electron chi connectivity index (χ0n) is 16.6. The maximum absolute atomic E-state index is 12.9. The van der Waals surface area contributed by atoms with Crippen LogP contribution in [-0.4, -0.2) is 33.8 Å². The second kappa shape index (κ2) is 6.82. The average Bonchev–Trinajstić information content (AvgIpc) is 3.09. The Kier molecular flexibility index (Phi) is 4.58. The number of carbonyl (C=O) groups excluding carboxylic acids is 1. The number of nitrogens with zero attached hydrogens (tertiary/aromatic N) is 1. The number of nitrogen functional groups attached to an aromatic ring is 1. The molecule has 28 heavy (non-hydrogen) atoms. The SMILES string of the molecule is Cc1cc(C2[C@@H]3CC[C@H]([C@H](O)c4ccccc4)N3C(=O)OC2(C)C)ccc1N. The number of cyclic esters (lactones) is 1. The van der Waals surface area contributed by atoms with Crippen molar-refractivity contribution >= 4 is 11.8 Å². The highest BCUT2D eigenvalue weighted by Crippen LogP contribution is 2.48. The number of ether oxygens (including phenoxy) is 1. The normalized spacial score (nSPS) is 27.2. The summed E-state index contributed by atoms with van der Waals surface area (Å²) in [7, 11) is 0. The lowest BCUT2D eigenvalue weighted by Crippen LogP contribution is -2.58. The number of aliphatic hydroxyl groups is 1. The van der Waals surface area contributed by atoms with Gasteiger partial charge in [0.05, 0.1) is 12.1 Å². The Hall–Kier alpha value is -2.53. The van der Waals surface area contributed by atoms with Crippen LogP contribution in [0.2, 0.25) is 0 Å². The van der Waals surface area contributed by atoms with Crippen LogP contribution in [0.25, 0.3) is 0 Å². The lowest BCUT2D eigenvalue weighted by atomic mass is 9.76. The highest BCUT2D eigenvalue weighted by molar-refractivity contribution is 5.71. The predicted octanol–water partition coefficient (Wildman–Crippen LogP) is 4.16. The minimum Gasteiger partial charge on any atom is -0.443 e. The lowest BCUT2D eigenvalue weighted by molar-refractivity contribution is -0.0751. The fourth-order valence-corrected chi connectivity index (χ4v) is 4.97. The van der Waals surface area contributed by atoms with E-state index in [-0.39, 0.29) is 24.1 Å². The Morgan fingerprint density at radius 3 is 2.57 bits per heavy atom. The summed E-state index contributed by atoms with van der Waals surface area (Å²) >= 11 is 0. The van der Waals surface area contributed by atoms with Crippen LogP contribution in [0.4, 0.5) is 10.5 Å². The Bertz CT molecular complexity index is 881. The quantitative estimate of drug-likeness (QED) is 0.784. The summed E-state index contributed by atoms with van der Waals surface area (Å²) in [6.07, 6.45) is 0.516. The van der Waals surface area contributed by atoms with E-state index in [0.29, 0.717) is 0 Å². The third-order valence-corrected chi connectivity index (χ3v) is 6.33. The van der Waals surface area contributed by atoms with Gasteiger partial charge in [-0.05, 0) is 56.4 Å². The van der Waals surface area contributed by atoms with Crippen LogP contribution in [0, 0.1) is 6.92 Å². The number of rotatable bonds is 3. The summed E-state index contributed by atoms with van der Waals surface area (Å²) in [4.78, 5) is 14.7. The molecule has 0 saturated carbocycles. The number of carbonyl (C=O) groups is 1. The fourth-order valence-electron chi connectivity index (χ4n) is 4.97. The molecule has 2 aliphatic rings. The molecule has 0 spiro atoms. The van der Waals surface area contributed by atoms with E-state index in [1.807, 2.05) is 63.2 Å². The number of benzene rings is 2. The molecule has 2 aliphatic heterocycles. The first-order valence-corrected chi connectivity index (χ1v) is 9.90. The fraction of sp³-hybridized carbons (Fsp3) is 0.435. The van der Waals surface area contributed by atoms with E-state index >= 15 is 0 Å². The van der Waals surface area contributed by atoms with Crippen molar-refractivity contribution in [3.8, 4) is 0 Å². The molecule has 2 saturated heterocycles. The molecule has 2 aromatic rings. The van der Waals surface area contributed by atoms with Gasteiger partial charge in [-0.3, -0.25) is 4.90 Å². The number of nitrogens with two attached hydrogens (primary N) is 1. The van der Waals surface area contributed by atoms with Crippen LogP contribution in [0.15, 0.2) is 48.5 Å². The number of hydrogen-bond donors (Lipinski definition) is 2. The lowest BCUT2D eigenvalue weighted by Gasteiger charge is -2.48. The smallest absolute Gasteiger partial charge is 0.410 e. The molecule has 4 atom stereocenters. The average molecular weight is 380 g/mol. The number of amides is 1. The van der Waals surface area contributed by atoms with Crippen LogP contribution >= 0.6 is 0 Å². The van der Waals surface area contributed by atoms with Gasteiger partial charge in [0.2, 0.25) is 0 Å².